The first-order chi connectivity index (χ1) is 16.8. The maximum Gasteiger partial charge on any atom is 0.421 e. The molecule has 2 saturated heterocycles. The minimum atomic E-state index is -4.80. The predicted molar refractivity (Wildman–Crippen MR) is 133 cm³/mol. The van der Waals surface area contributed by atoms with Crippen LogP contribution in [0.3, 0.4) is 0 Å². The Morgan fingerprint density at radius 3 is 2.42 bits per heavy atom. The van der Waals surface area contributed by atoms with Crippen molar-refractivity contribution in [3.8, 4) is 0 Å². The van der Waals surface area contributed by atoms with E-state index < -0.39 is 21.8 Å². The zero-order valence-electron chi connectivity index (χ0n) is 20.5. The molecule has 4 atom stereocenters. The van der Waals surface area contributed by atoms with E-state index in [4.69, 9.17) is 4.74 Å². The second-order valence-corrected chi connectivity index (χ2v) is 12.8. The van der Waals surface area contributed by atoms with Crippen LogP contribution in [0.2, 0.25) is 0 Å². The number of benzene rings is 1. The zero-order valence-corrected chi connectivity index (χ0v) is 22.1. The van der Waals surface area contributed by atoms with E-state index in [9.17, 15) is 26.7 Å². The van der Waals surface area contributed by atoms with Crippen molar-refractivity contribution in [1.82, 2.24) is 9.21 Å². The van der Waals surface area contributed by atoms with E-state index in [2.05, 4.69) is 16.7 Å². The summed E-state index contributed by atoms with van der Waals surface area (Å²) in [5.41, 5.74) is -2.52. The maximum atomic E-state index is 13.3. The Hall–Kier alpha value is -1.70. The molecular formula is C24H32F3N3O4S2. The molecule has 0 amide bonds. The van der Waals surface area contributed by atoms with E-state index in [0.29, 0.717) is 36.1 Å². The molecule has 0 saturated carbocycles. The molecule has 3 heterocycles. The molecule has 2 aliphatic rings. The number of thiophene rings is 1. The quantitative estimate of drug-likeness (QED) is 0.597. The van der Waals surface area contributed by atoms with Gasteiger partial charge in [0.25, 0.3) is 10.0 Å². The first-order valence-electron chi connectivity index (χ1n) is 11.9. The zero-order chi connectivity index (χ0) is 26.3. The Morgan fingerprint density at radius 1 is 1.11 bits per heavy atom. The molecule has 36 heavy (non-hydrogen) atoms. The molecule has 1 N–H and O–H groups in total. The first kappa shape index (κ1) is 27.3. The van der Waals surface area contributed by atoms with Crippen LogP contribution in [-0.2, 0) is 20.4 Å². The summed E-state index contributed by atoms with van der Waals surface area (Å²) in [6, 6.07) is 8.93. The van der Waals surface area contributed by atoms with Crippen LogP contribution in [0.15, 0.2) is 46.0 Å². The highest BCUT2D eigenvalue weighted by atomic mass is 32.2. The van der Waals surface area contributed by atoms with Crippen molar-refractivity contribution in [2.45, 2.75) is 54.9 Å². The lowest BCUT2D eigenvalue weighted by molar-refractivity contribution is -0.258. The number of nitrogens with zero attached hydrogens (tertiary/aromatic N) is 3. The van der Waals surface area contributed by atoms with Gasteiger partial charge in [0, 0.05) is 44.5 Å². The molecule has 12 heteroatoms. The number of aliphatic hydroxyl groups is 1. The van der Waals surface area contributed by atoms with Gasteiger partial charge in [-0.2, -0.15) is 17.5 Å². The molecular weight excluding hydrogens is 515 g/mol. The monoisotopic (exact) mass is 547 g/mol. The molecule has 0 unspecified atom stereocenters. The summed E-state index contributed by atoms with van der Waals surface area (Å²) in [5.74, 6) is 0. The van der Waals surface area contributed by atoms with Gasteiger partial charge in [0.2, 0.25) is 0 Å². The highest BCUT2D eigenvalue weighted by Crippen LogP contribution is 2.39. The van der Waals surface area contributed by atoms with Crippen LogP contribution in [-0.4, -0.2) is 86.4 Å². The van der Waals surface area contributed by atoms with Crippen LogP contribution in [0.5, 0.6) is 0 Å². The third-order valence-corrected chi connectivity index (χ3v) is 10.3. The van der Waals surface area contributed by atoms with Crippen molar-refractivity contribution in [3.05, 3.63) is 47.3 Å². The van der Waals surface area contributed by atoms with Crippen molar-refractivity contribution in [2.75, 3.05) is 44.2 Å². The van der Waals surface area contributed by atoms with Crippen molar-refractivity contribution in [1.29, 1.82) is 0 Å². The average Bonchev–Trinajstić information content (AvgIpc) is 3.37. The number of hydrogen-bond donors (Lipinski definition) is 1. The smallest absolute Gasteiger partial charge is 0.376 e. The van der Waals surface area contributed by atoms with Gasteiger partial charge in [0.05, 0.1) is 18.8 Å². The fourth-order valence-corrected chi connectivity index (χ4v) is 7.33. The Balaban J connectivity index is 1.61. The van der Waals surface area contributed by atoms with Gasteiger partial charge in [-0.05, 0) is 49.9 Å². The number of anilines is 1. The summed E-state index contributed by atoms with van der Waals surface area (Å²) in [4.78, 5) is 4.33. The molecule has 0 bridgehead atoms. The average molecular weight is 548 g/mol. The van der Waals surface area contributed by atoms with Crippen LogP contribution in [0.4, 0.5) is 18.9 Å². The second-order valence-electron chi connectivity index (χ2n) is 9.71. The van der Waals surface area contributed by atoms with E-state index in [1.54, 1.807) is 29.6 Å². The molecule has 2 aliphatic heterocycles. The molecule has 2 aromatic rings. The Bertz CT molecular complexity index is 1120. The van der Waals surface area contributed by atoms with Crippen molar-refractivity contribution < 1.29 is 31.4 Å². The molecule has 0 spiro atoms. The Labute approximate surface area is 214 Å². The van der Waals surface area contributed by atoms with Crippen LogP contribution >= 0.6 is 11.3 Å². The van der Waals surface area contributed by atoms with Crippen molar-refractivity contribution in [3.63, 3.8) is 0 Å². The number of rotatable bonds is 6. The molecule has 0 aliphatic carbocycles. The third-order valence-electron chi connectivity index (χ3n) is 7.03. The van der Waals surface area contributed by atoms with E-state index in [-0.39, 0.29) is 36.8 Å². The van der Waals surface area contributed by atoms with Crippen molar-refractivity contribution in [2.24, 2.45) is 0 Å². The summed E-state index contributed by atoms with van der Waals surface area (Å²) in [6.45, 7) is 7.55. The van der Waals surface area contributed by atoms with Gasteiger partial charge < -0.3 is 14.7 Å². The summed E-state index contributed by atoms with van der Waals surface area (Å²) >= 11 is 1.18. The fraction of sp³-hybridized carbons (Fsp3) is 0.583. The number of halogens is 3. The standard InChI is InChI=1S/C24H32F3N3O4S2/c1-17-16-34-18(2)13-28(17)14-21-15-29(36(32,33)22-5-4-12-35-22)10-11-30(21)20-8-6-19(7-9-20)23(3,31)24(25,26)27/h4-9,12,17-18,21,31H,10-11,13-16H2,1-3H3/t17-,18-,21-,23+/m1/s1. The highest BCUT2D eigenvalue weighted by molar-refractivity contribution is 7.91. The molecule has 200 valence electrons. The summed E-state index contributed by atoms with van der Waals surface area (Å²) in [7, 11) is -3.64. The second kappa shape index (κ2) is 10.2. The first-order valence-corrected chi connectivity index (χ1v) is 14.2. The van der Waals surface area contributed by atoms with E-state index in [0.717, 1.165) is 6.92 Å². The largest absolute Gasteiger partial charge is 0.421 e. The van der Waals surface area contributed by atoms with Crippen LogP contribution in [0.1, 0.15) is 26.3 Å². The summed E-state index contributed by atoms with van der Waals surface area (Å²) in [6.07, 6.45) is -4.75. The lowest BCUT2D eigenvalue weighted by Crippen LogP contribution is -2.60. The van der Waals surface area contributed by atoms with E-state index in [1.165, 1.54) is 27.8 Å². The molecule has 1 aromatic heterocycles. The number of piperazine rings is 1. The minimum Gasteiger partial charge on any atom is -0.376 e. The number of morpholine rings is 1. The highest BCUT2D eigenvalue weighted by Gasteiger charge is 2.51. The number of sulfonamides is 1. The van der Waals surface area contributed by atoms with Gasteiger partial charge in [-0.15, -0.1) is 11.3 Å². The van der Waals surface area contributed by atoms with E-state index in [1.807, 2.05) is 6.92 Å². The van der Waals surface area contributed by atoms with Gasteiger partial charge in [-0.3, -0.25) is 4.90 Å². The van der Waals surface area contributed by atoms with Crippen LogP contribution < -0.4 is 4.90 Å². The lowest BCUT2D eigenvalue weighted by atomic mass is 9.95. The van der Waals surface area contributed by atoms with Gasteiger partial charge in [-0.25, -0.2) is 8.42 Å². The van der Waals surface area contributed by atoms with Crippen LogP contribution in [0.25, 0.3) is 0 Å². The Kier molecular flexibility index (Phi) is 7.76. The number of ether oxygens (including phenoxy) is 1. The summed E-state index contributed by atoms with van der Waals surface area (Å²) < 4.78 is 73.9. The normalized spacial score (nSPS) is 26.6. The molecule has 0 radical (unpaired) electrons. The molecule has 1 aromatic carbocycles. The van der Waals surface area contributed by atoms with Crippen molar-refractivity contribution >= 4 is 27.0 Å². The number of hydrogen-bond acceptors (Lipinski definition) is 7. The van der Waals surface area contributed by atoms with Gasteiger partial charge in [0.15, 0.2) is 5.60 Å². The van der Waals surface area contributed by atoms with Gasteiger partial charge in [0.1, 0.15) is 4.21 Å². The maximum absolute atomic E-state index is 13.3. The number of alkyl halides is 3. The third kappa shape index (κ3) is 5.44. The molecule has 2 fully saturated rings. The van der Waals surface area contributed by atoms with E-state index >= 15 is 0 Å². The van der Waals surface area contributed by atoms with Crippen LogP contribution in [0, 0.1) is 0 Å². The Morgan fingerprint density at radius 2 is 1.81 bits per heavy atom. The predicted octanol–water partition coefficient (Wildman–Crippen LogP) is 3.51. The molecule has 7 nitrogen and oxygen atoms in total. The minimum absolute atomic E-state index is 0.0491. The van der Waals surface area contributed by atoms with Gasteiger partial charge in [-0.1, -0.05) is 18.2 Å². The van der Waals surface area contributed by atoms with Gasteiger partial charge >= 0.3 is 6.18 Å². The lowest BCUT2D eigenvalue weighted by Gasteiger charge is -2.46. The molecule has 4 rings (SSSR count). The fourth-order valence-electron chi connectivity index (χ4n) is 4.72. The SMILES string of the molecule is C[C@@H]1CN(C[C@@H]2CN(S(=O)(=O)c3cccs3)CCN2c2ccc([C@](C)(O)C(F)(F)F)cc2)[C@H](C)CO1. The topological polar surface area (TPSA) is 73.3 Å². The summed E-state index contributed by atoms with van der Waals surface area (Å²) in [5, 5.41) is 11.8.